The van der Waals surface area contributed by atoms with Crippen molar-refractivity contribution in [2.75, 3.05) is 13.2 Å². The minimum Gasteiger partial charge on any atom is -0.492 e. The monoisotopic (exact) mass is 426 g/mol. The molecule has 2 rings (SSSR count). The Morgan fingerprint density at radius 3 is 1.97 bits per heavy atom. The number of ether oxygens (including phenoxy) is 1. The number of halogens is 3. The van der Waals surface area contributed by atoms with Crippen molar-refractivity contribution in [3.63, 3.8) is 0 Å². The molecule has 1 atom stereocenters. The number of alkyl halides is 3. The molecule has 30 heavy (non-hydrogen) atoms. The molecule has 3 N–H and O–H groups in total. The lowest BCUT2D eigenvalue weighted by Crippen LogP contribution is -2.40. The number of carboxylic acid groups (broad SMARTS) is 1. The summed E-state index contributed by atoms with van der Waals surface area (Å²) in [6, 6.07) is 17.8. The van der Waals surface area contributed by atoms with Gasteiger partial charge in [-0.2, -0.15) is 13.2 Å². The van der Waals surface area contributed by atoms with Crippen LogP contribution in [0.15, 0.2) is 60.7 Å². The molecule has 162 valence electrons. The van der Waals surface area contributed by atoms with Gasteiger partial charge < -0.3 is 20.5 Å². The van der Waals surface area contributed by atoms with Crippen molar-refractivity contribution in [3.8, 4) is 5.75 Å². The van der Waals surface area contributed by atoms with Gasteiger partial charge >= 0.3 is 12.1 Å². The second-order valence-corrected chi connectivity index (χ2v) is 5.80. The van der Waals surface area contributed by atoms with Gasteiger partial charge in [-0.05, 0) is 17.7 Å². The molecule has 0 spiro atoms. The van der Waals surface area contributed by atoms with Crippen LogP contribution >= 0.6 is 0 Å². The molecule has 0 aliphatic rings. The van der Waals surface area contributed by atoms with Gasteiger partial charge in [0.2, 0.25) is 11.8 Å². The van der Waals surface area contributed by atoms with Crippen molar-refractivity contribution in [1.82, 2.24) is 10.6 Å². The summed E-state index contributed by atoms with van der Waals surface area (Å²) < 4.78 is 37.3. The predicted molar refractivity (Wildman–Crippen MR) is 102 cm³/mol. The maximum atomic E-state index is 12.3. The van der Waals surface area contributed by atoms with Crippen LogP contribution in [-0.4, -0.2) is 42.2 Å². The van der Waals surface area contributed by atoms with Crippen LogP contribution in [0.4, 0.5) is 13.2 Å². The highest BCUT2D eigenvalue weighted by Crippen LogP contribution is 2.13. The molecule has 0 aromatic heterocycles. The van der Waals surface area contributed by atoms with Crippen LogP contribution in [0.25, 0.3) is 0 Å². The van der Waals surface area contributed by atoms with E-state index in [0.29, 0.717) is 13.2 Å². The van der Waals surface area contributed by atoms with Crippen LogP contribution in [-0.2, 0) is 14.4 Å². The second kappa shape index (κ2) is 12.1. The van der Waals surface area contributed by atoms with Crippen molar-refractivity contribution in [2.45, 2.75) is 19.1 Å². The van der Waals surface area contributed by atoms with E-state index in [1.165, 1.54) is 6.92 Å². The fraction of sp³-hybridized carbons (Fsp3) is 0.250. The number of carboxylic acids is 1. The first kappa shape index (κ1) is 24.5. The maximum Gasteiger partial charge on any atom is 0.490 e. The largest absolute Gasteiger partial charge is 0.492 e. The summed E-state index contributed by atoms with van der Waals surface area (Å²) in [6.45, 7) is 2.11. The summed E-state index contributed by atoms with van der Waals surface area (Å²) >= 11 is 0. The van der Waals surface area contributed by atoms with Crippen molar-refractivity contribution < 1.29 is 37.4 Å². The minimum atomic E-state index is -5.08. The third kappa shape index (κ3) is 9.58. The lowest BCUT2D eigenvalue weighted by molar-refractivity contribution is -0.192. The van der Waals surface area contributed by atoms with E-state index in [1.807, 2.05) is 48.5 Å². The van der Waals surface area contributed by atoms with Gasteiger partial charge in [-0.15, -0.1) is 0 Å². The topological polar surface area (TPSA) is 105 Å². The number of benzene rings is 2. The van der Waals surface area contributed by atoms with E-state index in [1.54, 1.807) is 12.1 Å². The summed E-state index contributed by atoms with van der Waals surface area (Å²) in [4.78, 5) is 32.5. The number of para-hydroxylation sites is 1. The lowest BCUT2D eigenvalue weighted by atomic mass is 10.1. The highest BCUT2D eigenvalue weighted by atomic mass is 19.4. The van der Waals surface area contributed by atoms with Crippen LogP contribution in [0, 0.1) is 0 Å². The Hall–Kier alpha value is -3.56. The van der Waals surface area contributed by atoms with E-state index in [4.69, 9.17) is 14.6 Å². The zero-order chi connectivity index (χ0) is 22.6. The van der Waals surface area contributed by atoms with Gasteiger partial charge in [0.15, 0.2) is 0 Å². The van der Waals surface area contributed by atoms with Crippen LogP contribution in [0.1, 0.15) is 18.5 Å². The first-order chi connectivity index (χ1) is 14.1. The summed E-state index contributed by atoms with van der Waals surface area (Å²) in [5.74, 6) is -2.52. The number of nitrogens with one attached hydrogen (secondary N) is 2. The number of rotatable bonds is 7. The van der Waals surface area contributed by atoms with Crippen LogP contribution < -0.4 is 15.4 Å². The van der Waals surface area contributed by atoms with Crippen LogP contribution in [0.2, 0.25) is 0 Å². The first-order valence-electron chi connectivity index (χ1n) is 8.69. The maximum absolute atomic E-state index is 12.3. The Morgan fingerprint density at radius 2 is 1.50 bits per heavy atom. The van der Waals surface area contributed by atoms with Gasteiger partial charge in [0.05, 0.1) is 6.54 Å². The molecule has 10 heteroatoms. The molecule has 1 unspecified atom stereocenters. The van der Waals surface area contributed by atoms with E-state index in [-0.39, 0.29) is 11.8 Å². The average Bonchev–Trinajstić information content (AvgIpc) is 2.70. The Kier molecular flexibility index (Phi) is 9.87. The van der Waals surface area contributed by atoms with Gasteiger partial charge in [-0.3, -0.25) is 9.59 Å². The van der Waals surface area contributed by atoms with Gasteiger partial charge in [0.1, 0.15) is 18.4 Å². The van der Waals surface area contributed by atoms with Crippen molar-refractivity contribution in [3.05, 3.63) is 66.2 Å². The SMILES string of the molecule is CC(=O)NC(C(=O)NCCOc1ccccc1)c1ccccc1.O=C(O)C(F)(F)F. The normalized spacial score (nSPS) is 11.3. The molecule has 0 aliphatic heterocycles. The van der Waals surface area contributed by atoms with E-state index in [0.717, 1.165) is 11.3 Å². The standard InChI is InChI=1S/C18H20N2O3.C2HF3O2/c1-14(21)20-17(15-8-4-2-5-9-15)18(22)19-12-13-23-16-10-6-3-7-11-16;3-2(4,5)1(6)7/h2-11,17H,12-13H2,1H3,(H,19,22)(H,20,21);(H,6,7). The first-order valence-corrected chi connectivity index (χ1v) is 8.69. The van der Waals surface area contributed by atoms with E-state index in [2.05, 4.69) is 10.6 Å². The zero-order valence-corrected chi connectivity index (χ0v) is 16.0. The molecule has 0 saturated carbocycles. The quantitative estimate of drug-likeness (QED) is 0.591. The second-order valence-electron chi connectivity index (χ2n) is 5.80. The number of amides is 2. The van der Waals surface area contributed by atoms with Crippen molar-refractivity contribution >= 4 is 17.8 Å². The fourth-order valence-electron chi connectivity index (χ4n) is 2.11. The molecule has 0 fully saturated rings. The summed E-state index contributed by atoms with van der Waals surface area (Å²) in [5.41, 5.74) is 0.740. The number of aliphatic carboxylic acids is 1. The summed E-state index contributed by atoms with van der Waals surface area (Å²) in [6.07, 6.45) is -5.08. The third-order valence-corrected chi connectivity index (χ3v) is 3.40. The zero-order valence-electron chi connectivity index (χ0n) is 16.0. The van der Waals surface area contributed by atoms with Gasteiger partial charge in [0.25, 0.3) is 0 Å². The van der Waals surface area contributed by atoms with Crippen LogP contribution in [0.5, 0.6) is 5.75 Å². The molecule has 2 amide bonds. The lowest BCUT2D eigenvalue weighted by Gasteiger charge is -2.18. The number of carbonyl (C=O) groups excluding carboxylic acids is 2. The highest BCUT2D eigenvalue weighted by molar-refractivity contribution is 5.87. The predicted octanol–water partition coefficient (Wildman–Crippen LogP) is 2.69. The summed E-state index contributed by atoms with van der Waals surface area (Å²) in [5, 5.41) is 12.6. The van der Waals surface area contributed by atoms with Gasteiger partial charge in [-0.25, -0.2) is 4.79 Å². The molecule has 0 radical (unpaired) electrons. The average molecular weight is 426 g/mol. The molecular formula is C20H21F3N2O5. The smallest absolute Gasteiger partial charge is 0.490 e. The molecule has 0 aliphatic carbocycles. The van der Waals surface area contributed by atoms with Gasteiger partial charge in [-0.1, -0.05) is 48.5 Å². The Morgan fingerprint density at radius 1 is 1.00 bits per heavy atom. The van der Waals surface area contributed by atoms with E-state index in [9.17, 15) is 22.8 Å². The third-order valence-electron chi connectivity index (χ3n) is 3.40. The molecular weight excluding hydrogens is 405 g/mol. The van der Waals surface area contributed by atoms with Crippen LogP contribution in [0.3, 0.4) is 0 Å². The molecule has 2 aromatic rings. The number of carbonyl (C=O) groups is 3. The summed E-state index contributed by atoms with van der Waals surface area (Å²) in [7, 11) is 0. The highest BCUT2D eigenvalue weighted by Gasteiger charge is 2.38. The fourth-order valence-corrected chi connectivity index (χ4v) is 2.11. The van der Waals surface area contributed by atoms with Crippen molar-refractivity contribution in [1.29, 1.82) is 0 Å². The number of hydrogen-bond donors (Lipinski definition) is 3. The molecule has 0 saturated heterocycles. The Labute approximate surface area is 170 Å². The Bertz CT molecular complexity index is 814. The molecule has 7 nitrogen and oxygen atoms in total. The Balaban J connectivity index is 0.000000553. The van der Waals surface area contributed by atoms with Crippen molar-refractivity contribution in [2.24, 2.45) is 0 Å². The number of hydrogen-bond acceptors (Lipinski definition) is 4. The minimum absolute atomic E-state index is 0.255. The molecule has 0 heterocycles. The van der Waals surface area contributed by atoms with E-state index >= 15 is 0 Å². The molecule has 2 aromatic carbocycles. The molecule has 0 bridgehead atoms. The van der Waals surface area contributed by atoms with Gasteiger partial charge in [0, 0.05) is 6.92 Å². The van der Waals surface area contributed by atoms with E-state index < -0.39 is 18.2 Å².